The van der Waals surface area contributed by atoms with Crippen LogP contribution in [0, 0.1) is 24.5 Å². The van der Waals surface area contributed by atoms with Crippen LogP contribution in [0.15, 0.2) is 72.8 Å². The Kier molecular flexibility index (Phi) is 14.4. The van der Waals surface area contributed by atoms with E-state index in [0.29, 0.717) is 33.7 Å². The van der Waals surface area contributed by atoms with Crippen LogP contribution in [-0.2, 0) is 7.05 Å². The highest BCUT2D eigenvalue weighted by Crippen LogP contribution is 2.27. The minimum absolute atomic E-state index is 0.0363. The van der Waals surface area contributed by atoms with Gasteiger partial charge >= 0.3 is 0 Å². The van der Waals surface area contributed by atoms with Gasteiger partial charge < -0.3 is 10.3 Å². The number of aromatic nitrogens is 3. The molecule has 0 saturated carbocycles. The van der Waals surface area contributed by atoms with Crippen LogP contribution in [0.3, 0.4) is 0 Å². The van der Waals surface area contributed by atoms with E-state index >= 15 is 0 Å². The number of halogens is 2. The lowest BCUT2D eigenvalue weighted by molar-refractivity contribution is 0.616. The largest absolute Gasteiger partial charge is 0.333 e. The summed E-state index contributed by atoms with van der Waals surface area (Å²) in [6.45, 7) is 16.8. The Morgan fingerprint density at radius 1 is 1.07 bits per heavy atom. The van der Waals surface area contributed by atoms with Crippen molar-refractivity contribution in [1.82, 2.24) is 14.5 Å². The summed E-state index contributed by atoms with van der Waals surface area (Å²) in [6.07, 6.45) is 13.5. The van der Waals surface area contributed by atoms with Gasteiger partial charge in [0, 0.05) is 35.3 Å². The van der Waals surface area contributed by atoms with Crippen molar-refractivity contribution in [2.45, 2.75) is 47.5 Å². The van der Waals surface area contributed by atoms with Crippen molar-refractivity contribution in [2.24, 2.45) is 18.7 Å². The van der Waals surface area contributed by atoms with Gasteiger partial charge in [0.15, 0.2) is 0 Å². The molecule has 0 spiro atoms. The normalized spacial score (nSPS) is 13.3. The van der Waals surface area contributed by atoms with Crippen molar-refractivity contribution in [1.29, 1.82) is 0 Å². The summed E-state index contributed by atoms with van der Waals surface area (Å²) < 4.78 is 30.1. The number of nitrogens with two attached hydrogens (primary N) is 1. The van der Waals surface area contributed by atoms with Crippen molar-refractivity contribution >= 4 is 11.6 Å². The molecule has 0 radical (unpaired) electrons. The van der Waals surface area contributed by atoms with Crippen LogP contribution >= 0.6 is 0 Å². The minimum atomic E-state index is -0.590. The Morgan fingerprint density at radius 2 is 1.70 bits per heavy atom. The second-order valence-corrected chi connectivity index (χ2v) is 8.72. The SMILES string of the molecule is C=C/C=C\C=C.CC.CCC1=c2cc(-c3cnc(-c4cc(F)cnc4C)c(F)c3)n(C)c(=O)c2=CC(C)C1.CN. The third kappa shape index (κ3) is 8.26. The van der Waals surface area contributed by atoms with E-state index in [0.717, 1.165) is 24.3 Å². The van der Waals surface area contributed by atoms with Gasteiger partial charge in [0.2, 0.25) is 0 Å². The van der Waals surface area contributed by atoms with Gasteiger partial charge in [0.1, 0.15) is 17.3 Å². The van der Waals surface area contributed by atoms with Crippen LogP contribution in [0.4, 0.5) is 8.78 Å². The minimum Gasteiger partial charge on any atom is -0.333 e. The van der Waals surface area contributed by atoms with E-state index < -0.39 is 11.6 Å². The fourth-order valence-corrected chi connectivity index (χ4v) is 4.30. The molecule has 214 valence electrons. The summed E-state index contributed by atoms with van der Waals surface area (Å²) >= 11 is 0. The maximum Gasteiger partial charge on any atom is 0.258 e. The molecule has 4 rings (SSSR count). The third-order valence-corrected chi connectivity index (χ3v) is 6.12. The molecule has 1 aliphatic rings. The number of nitrogens with zero attached hydrogens (tertiary/aromatic N) is 3. The van der Waals surface area contributed by atoms with E-state index in [1.54, 1.807) is 26.1 Å². The van der Waals surface area contributed by atoms with E-state index in [1.807, 2.05) is 38.1 Å². The van der Waals surface area contributed by atoms with E-state index in [9.17, 15) is 13.6 Å². The quantitative estimate of drug-likeness (QED) is 0.398. The predicted octanol–water partition coefficient (Wildman–Crippen LogP) is 5.99. The fraction of sp³-hybridized carbons (Fsp3) is 0.303. The zero-order valence-electron chi connectivity index (χ0n) is 24.8. The van der Waals surface area contributed by atoms with Gasteiger partial charge in [0.25, 0.3) is 5.56 Å². The molecule has 1 atom stereocenters. The lowest BCUT2D eigenvalue weighted by Crippen LogP contribution is -2.47. The third-order valence-electron chi connectivity index (χ3n) is 6.12. The van der Waals surface area contributed by atoms with Gasteiger partial charge in [-0.3, -0.25) is 14.8 Å². The Balaban J connectivity index is 0.000000700. The summed E-state index contributed by atoms with van der Waals surface area (Å²) in [6, 6.07) is 4.51. The predicted molar refractivity (Wildman–Crippen MR) is 165 cm³/mol. The molecule has 1 aliphatic carbocycles. The van der Waals surface area contributed by atoms with Crippen LogP contribution in [0.25, 0.3) is 34.2 Å². The van der Waals surface area contributed by atoms with Crippen molar-refractivity contribution in [3.8, 4) is 22.5 Å². The first-order chi connectivity index (χ1) is 19.2. The molecule has 0 aromatic carbocycles. The summed E-state index contributed by atoms with van der Waals surface area (Å²) in [7, 11) is 3.18. The summed E-state index contributed by atoms with van der Waals surface area (Å²) in [4.78, 5) is 21.2. The molecule has 5 nitrogen and oxygen atoms in total. The molecule has 0 fully saturated rings. The Labute approximate surface area is 236 Å². The molecule has 7 heteroatoms. The number of fused-ring (bicyclic) bond motifs is 1. The van der Waals surface area contributed by atoms with E-state index in [1.165, 1.54) is 35.5 Å². The van der Waals surface area contributed by atoms with Gasteiger partial charge in [-0.15, -0.1) is 0 Å². The smallest absolute Gasteiger partial charge is 0.258 e. The zero-order chi connectivity index (χ0) is 30.4. The standard InChI is InChI=1S/C24H23F2N3O.C6H8.C2H6.CH5N/c1-5-15-6-13(2)7-20-19(15)10-22(29(4)24(20)30)16-8-21(26)23(28-11-16)18-9-17(25)12-27-14(18)3;1-3-5-6-4-2;2*1-2/h7-13H,5-6H2,1-4H3;3-6H,1-2H2;1-2H3;2H2,1H3/b;6-5-;;. The molecule has 3 aromatic rings. The van der Waals surface area contributed by atoms with Crippen LogP contribution in [0.1, 0.15) is 46.2 Å². The summed E-state index contributed by atoms with van der Waals surface area (Å²) in [5.74, 6) is -0.827. The number of pyridine rings is 3. The zero-order valence-corrected chi connectivity index (χ0v) is 24.8. The van der Waals surface area contributed by atoms with Gasteiger partial charge in [-0.25, -0.2) is 8.78 Å². The average molecular weight is 549 g/mol. The molecule has 3 heterocycles. The summed E-state index contributed by atoms with van der Waals surface area (Å²) in [5.41, 5.74) is 7.55. The number of hydrogen-bond donors (Lipinski definition) is 1. The van der Waals surface area contributed by atoms with Gasteiger partial charge in [-0.05, 0) is 56.1 Å². The van der Waals surface area contributed by atoms with Crippen LogP contribution in [-0.4, -0.2) is 21.6 Å². The number of aryl methyl sites for hydroxylation is 1. The molecule has 3 aromatic heterocycles. The maximum absolute atomic E-state index is 15.0. The molecule has 1 unspecified atom stereocenters. The van der Waals surface area contributed by atoms with Crippen LogP contribution in [0.2, 0.25) is 0 Å². The monoisotopic (exact) mass is 548 g/mol. The van der Waals surface area contributed by atoms with Crippen LogP contribution in [0.5, 0.6) is 0 Å². The fourth-order valence-electron chi connectivity index (χ4n) is 4.30. The highest BCUT2D eigenvalue weighted by Gasteiger charge is 2.17. The second-order valence-electron chi connectivity index (χ2n) is 8.72. The van der Waals surface area contributed by atoms with E-state index in [-0.39, 0.29) is 11.3 Å². The van der Waals surface area contributed by atoms with Gasteiger partial charge in [0.05, 0.1) is 11.9 Å². The molecule has 0 aliphatic heterocycles. The first kappa shape index (κ1) is 34.1. The Hall–Kier alpha value is -3.97. The Morgan fingerprint density at radius 3 is 2.25 bits per heavy atom. The molecule has 40 heavy (non-hydrogen) atoms. The van der Waals surface area contributed by atoms with Crippen molar-refractivity contribution in [3.05, 3.63) is 106 Å². The van der Waals surface area contributed by atoms with Gasteiger partial charge in [-0.1, -0.05) is 76.8 Å². The van der Waals surface area contributed by atoms with E-state index in [4.69, 9.17) is 0 Å². The molecule has 0 saturated heterocycles. The number of hydrogen-bond acceptors (Lipinski definition) is 4. The molecule has 0 amide bonds. The topological polar surface area (TPSA) is 73.8 Å². The molecular weight excluding hydrogens is 506 g/mol. The van der Waals surface area contributed by atoms with E-state index in [2.05, 4.69) is 42.7 Å². The number of allylic oxidation sites excluding steroid dienone is 4. The van der Waals surface area contributed by atoms with Crippen molar-refractivity contribution in [3.63, 3.8) is 0 Å². The second kappa shape index (κ2) is 16.9. The lowest BCUT2D eigenvalue weighted by atomic mass is 9.91. The van der Waals surface area contributed by atoms with Crippen LogP contribution < -0.4 is 21.7 Å². The highest BCUT2D eigenvalue weighted by atomic mass is 19.1. The molecular formula is C33H42F2N4O. The lowest BCUT2D eigenvalue weighted by Gasteiger charge is -2.17. The van der Waals surface area contributed by atoms with Crippen molar-refractivity contribution in [2.75, 3.05) is 7.05 Å². The van der Waals surface area contributed by atoms with Crippen molar-refractivity contribution < 1.29 is 8.78 Å². The number of rotatable bonds is 5. The average Bonchev–Trinajstić information content (AvgIpc) is 2.97. The van der Waals surface area contributed by atoms with Gasteiger partial charge in [-0.2, -0.15) is 0 Å². The summed E-state index contributed by atoms with van der Waals surface area (Å²) in [5, 5.41) is 1.65. The first-order valence-electron chi connectivity index (χ1n) is 13.4. The highest BCUT2D eigenvalue weighted by molar-refractivity contribution is 5.68. The Bertz CT molecular complexity index is 1510. The maximum atomic E-state index is 15.0. The molecule has 2 N–H and O–H groups in total. The first-order valence-corrected chi connectivity index (χ1v) is 13.4. The molecule has 0 bridgehead atoms.